The highest BCUT2D eigenvalue weighted by molar-refractivity contribution is 5.76. The summed E-state index contributed by atoms with van der Waals surface area (Å²) in [4.78, 5) is 11.8. The number of rotatable bonds is 6. The Morgan fingerprint density at radius 1 is 1.42 bits per heavy atom. The first kappa shape index (κ1) is 14.1. The van der Waals surface area contributed by atoms with Gasteiger partial charge in [-0.25, -0.2) is 0 Å². The van der Waals surface area contributed by atoms with Gasteiger partial charge in [-0.2, -0.15) is 0 Å². The smallest absolute Gasteiger partial charge is 0.220 e. The maximum atomic E-state index is 11.8. The molecule has 0 heterocycles. The van der Waals surface area contributed by atoms with Crippen molar-refractivity contribution in [2.75, 3.05) is 6.54 Å². The van der Waals surface area contributed by atoms with Gasteiger partial charge in [0.25, 0.3) is 0 Å². The molecule has 1 amide bonds. The second kappa shape index (κ2) is 5.74. The zero-order chi connectivity index (χ0) is 13.9. The third kappa shape index (κ3) is 3.57. The number of carbonyl (C=O) groups excluding carboxylic acids is 1. The van der Waals surface area contributed by atoms with Crippen molar-refractivity contribution in [3.8, 4) is 0 Å². The van der Waals surface area contributed by atoms with Crippen LogP contribution in [0.1, 0.15) is 43.7 Å². The fourth-order valence-electron chi connectivity index (χ4n) is 2.58. The third-order valence-corrected chi connectivity index (χ3v) is 4.02. The van der Waals surface area contributed by atoms with Crippen molar-refractivity contribution >= 4 is 5.91 Å². The van der Waals surface area contributed by atoms with Crippen molar-refractivity contribution in [2.45, 2.75) is 51.0 Å². The van der Waals surface area contributed by atoms with Crippen LogP contribution in [0.15, 0.2) is 24.3 Å². The van der Waals surface area contributed by atoms with Crippen molar-refractivity contribution in [3.05, 3.63) is 35.4 Å². The molecule has 3 nitrogen and oxygen atoms in total. The molecule has 1 aliphatic carbocycles. The maximum absolute atomic E-state index is 11.8. The van der Waals surface area contributed by atoms with E-state index in [1.165, 1.54) is 24.0 Å². The van der Waals surface area contributed by atoms with E-state index in [1.54, 1.807) is 0 Å². The lowest BCUT2D eigenvalue weighted by atomic mass is 9.92. The highest BCUT2D eigenvalue weighted by Crippen LogP contribution is 2.48. The number of hydrogen-bond donors (Lipinski definition) is 2. The molecule has 3 heteroatoms. The number of carbonyl (C=O) groups is 1. The minimum absolute atomic E-state index is 0.0944. The Morgan fingerprint density at radius 2 is 2.11 bits per heavy atom. The lowest BCUT2D eigenvalue weighted by molar-refractivity contribution is -0.121. The van der Waals surface area contributed by atoms with E-state index < -0.39 is 0 Å². The molecule has 19 heavy (non-hydrogen) atoms. The van der Waals surface area contributed by atoms with Gasteiger partial charge < -0.3 is 11.1 Å². The molecule has 1 unspecified atom stereocenters. The van der Waals surface area contributed by atoms with Gasteiger partial charge in [-0.15, -0.1) is 0 Å². The predicted octanol–water partition coefficient (Wildman–Crippen LogP) is 2.27. The van der Waals surface area contributed by atoms with Crippen molar-refractivity contribution in [2.24, 2.45) is 5.73 Å². The molecule has 104 valence electrons. The Balaban J connectivity index is 1.89. The van der Waals surface area contributed by atoms with Crippen LogP contribution in [0.5, 0.6) is 0 Å². The van der Waals surface area contributed by atoms with E-state index in [-0.39, 0.29) is 17.4 Å². The summed E-state index contributed by atoms with van der Waals surface area (Å²) in [5, 5.41) is 3.07. The summed E-state index contributed by atoms with van der Waals surface area (Å²) in [7, 11) is 0. The van der Waals surface area contributed by atoms with Gasteiger partial charge >= 0.3 is 0 Å². The molecule has 1 atom stereocenters. The lowest BCUT2D eigenvalue weighted by Crippen LogP contribution is -2.33. The van der Waals surface area contributed by atoms with Crippen LogP contribution in [0, 0.1) is 6.92 Å². The molecule has 0 saturated heterocycles. The zero-order valence-corrected chi connectivity index (χ0v) is 11.9. The largest absolute Gasteiger partial charge is 0.355 e. The lowest BCUT2D eigenvalue weighted by Gasteiger charge is -2.19. The van der Waals surface area contributed by atoms with E-state index in [0.29, 0.717) is 6.42 Å². The average molecular weight is 260 g/mol. The van der Waals surface area contributed by atoms with E-state index in [9.17, 15) is 4.79 Å². The fraction of sp³-hybridized carbons (Fsp3) is 0.562. The molecule has 1 fully saturated rings. The molecule has 0 spiro atoms. The molecular weight excluding hydrogens is 236 g/mol. The van der Waals surface area contributed by atoms with Crippen LogP contribution in [0.3, 0.4) is 0 Å². The molecule has 0 radical (unpaired) electrons. The Morgan fingerprint density at radius 3 is 2.68 bits per heavy atom. The molecule has 1 saturated carbocycles. The predicted molar refractivity (Wildman–Crippen MR) is 78.0 cm³/mol. The van der Waals surface area contributed by atoms with Crippen LogP contribution < -0.4 is 11.1 Å². The van der Waals surface area contributed by atoms with E-state index in [1.807, 2.05) is 6.92 Å². The standard InChI is InChI=1S/C16H24N2O/c1-12-5-3-4-6-14(12)16(9-10-16)11-18-15(19)8-7-13(2)17/h3-6,13H,7-11,17H2,1-2H3,(H,18,19). The number of amides is 1. The van der Waals surface area contributed by atoms with E-state index in [0.717, 1.165) is 13.0 Å². The topological polar surface area (TPSA) is 55.1 Å². The van der Waals surface area contributed by atoms with Crippen molar-refractivity contribution in [3.63, 3.8) is 0 Å². The third-order valence-electron chi connectivity index (χ3n) is 4.02. The van der Waals surface area contributed by atoms with Gasteiger partial charge in [-0.3, -0.25) is 4.79 Å². The first-order chi connectivity index (χ1) is 9.03. The van der Waals surface area contributed by atoms with Gasteiger partial charge in [-0.05, 0) is 44.2 Å². The highest BCUT2D eigenvalue weighted by Gasteiger charge is 2.44. The van der Waals surface area contributed by atoms with Crippen molar-refractivity contribution in [1.29, 1.82) is 0 Å². The molecule has 1 aliphatic rings. The highest BCUT2D eigenvalue weighted by atomic mass is 16.1. The number of nitrogens with one attached hydrogen (secondary N) is 1. The molecular formula is C16H24N2O. The van der Waals surface area contributed by atoms with Gasteiger partial charge in [0.1, 0.15) is 0 Å². The summed E-state index contributed by atoms with van der Waals surface area (Å²) in [6.45, 7) is 4.84. The first-order valence-corrected chi connectivity index (χ1v) is 7.12. The summed E-state index contributed by atoms with van der Waals surface area (Å²) in [5.41, 5.74) is 8.57. The minimum Gasteiger partial charge on any atom is -0.355 e. The summed E-state index contributed by atoms with van der Waals surface area (Å²) >= 11 is 0. The summed E-state index contributed by atoms with van der Waals surface area (Å²) in [6.07, 6.45) is 3.63. The first-order valence-electron chi connectivity index (χ1n) is 7.12. The second-order valence-electron chi connectivity index (χ2n) is 5.89. The molecule has 1 aromatic carbocycles. The summed E-state index contributed by atoms with van der Waals surface area (Å²) in [5.74, 6) is 0.122. The molecule has 0 aliphatic heterocycles. The van der Waals surface area contributed by atoms with Crippen molar-refractivity contribution < 1.29 is 4.79 Å². The van der Waals surface area contributed by atoms with Crippen LogP contribution in [0.4, 0.5) is 0 Å². The van der Waals surface area contributed by atoms with Gasteiger partial charge in [0.15, 0.2) is 0 Å². The van der Waals surface area contributed by atoms with Gasteiger partial charge in [0.2, 0.25) is 5.91 Å². The molecule has 0 bridgehead atoms. The zero-order valence-electron chi connectivity index (χ0n) is 11.9. The van der Waals surface area contributed by atoms with Gasteiger partial charge in [0, 0.05) is 24.4 Å². The van der Waals surface area contributed by atoms with Crippen LogP contribution in [-0.4, -0.2) is 18.5 Å². The second-order valence-corrected chi connectivity index (χ2v) is 5.89. The van der Waals surface area contributed by atoms with Crippen LogP contribution in [0.2, 0.25) is 0 Å². The van der Waals surface area contributed by atoms with Gasteiger partial charge in [-0.1, -0.05) is 24.3 Å². The summed E-state index contributed by atoms with van der Waals surface area (Å²) in [6, 6.07) is 8.58. The Labute approximate surface area is 115 Å². The number of benzene rings is 1. The SMILES string of the molecule is Cc1ccccc1C1(CNC(=O)CCC(C)N)CC1. The monoisotopic (exact) mass is 260 g/mol. The normalized spacial score (nSPS) is 17.8. The number of hydrogen-bond acceptors (Lipinski definition) is 2. The minimum atomic E-state index is 0.0944. The maximum Gasteiger partial charge on any atom is 0.220 e. The molecule has 0 aromatic heterocycles. The van der Waals surface area contributed by atoms with Crippen LogP contribution in [0.25, 0.3) is 0 Å². The van der Waals surface area contributed by atoms with Crippen LogP contribution >= 0.6 is 0 Å². The van der Waals surface area contributed by atoms with Gasteiger partial charge in [0.05, 0.1) is 0 Å². The Bertz CT molecular complexity index is 450. The summed E-state index contributed by atoms with van der Waals surface area (Å²) < 4.78 is 0. The molecule has 3 N–H and O–H groups in total. The van der Waals surface area contributed by atoms with E-state index in [4.69, 9.17) is 5.73 Å². The fourth-order valence-corrected chi connectivity index (χ4v) is 2.58. The quantitative estimate of drug-likeness (QED) is 0.824. The van der Waals surface area contributed by atoms with Crippen molar-refractivity contribution in [1.82, 2.24) is 5.32 Å². The molecule has 2 rings (SSSR count). The average Bonchev–Trinajstić information content (AvgIpc) is 3.15. The number of nitrogens with two attached hydrogens (primary N) is 1. The van der Waals surface area contributed by atoms with E-state index in [2.05, 4.69) is 36.5 Å². The Kier molecular flexibility index (Phi) is 4.25. The molecule has 1 aromatic rings. The van der Waals surface area contributed by atoms with Crippen LogP contribution in [-0.2, 0) is 10.2 Å². The number of aryl methyl sites for hydroxylation is 1. The Hall–Kier alpha value is -1.35. The van der Waals surface area contributed by atoms with E-state index >= 15 is 0 Å².